The van der Waals surface area contributed by atoms with Crippen molar-refractivity contribution in [1.29, 1.82) is 5.26 Å². The summed E-state index contributed by atoms with van der Waals surface area (Å²) in [4.78, 5) is 18.9. The summed E-state index contributed by atoms with van der Waals surface area (Å²) in [5.41, 5.74) is 1.70. The largest absolute Gasteiger partial charge is 0.493 e. The fraction of sp³-hybridized carbons (Fsp3) is 0.333. The molecule has 1 fully saturated rings. The topological polar surface area (TPSA) is 146 Å². The summed E-state index contributed by atoms with van der Waals surface area (Å²) in [6.07, 6.45) is 6.86. The maximum Gasteiger partial charge on any atom is 0.229 e. The van der Waals surface area contributed by atoms with Crippen LogP contribution in [-0.4, -0.2) is 70.1 Å². The van der Waals surface area contributed by atoms with Gasteiger partial charge in [-0.1, -0.05) is 0 Å². The van der Waals surface area contributed by atoms with Gasteiger partial charge in [-0.25, -0.2) is 4.98 Å². The lowest BCUT2D eigenvalue weighted by atomic mass is 10.2. The molecular formula is C24H26N8O4. The van der Waals surface area contributed by atoms with E-state index in [1.165, 1.54) is 0 Å². The Hall–Kier alpha value is -4.50. The summed E-state index contributed by atoms with van der Waals surface area (Å²) in [7, 11) is 4.67. The Morgan fingerprint density at radius 2 is 1.97 bits per heavy atom. The molecule has 1 unspecified atom stereocenters. The predicted octanol–water partition coefficient (Wildman–Crippen LogP) is 2.75. The third kappa shape index (κ3) is 3.99. The zero-order valence-corrected chi connectivity index (χ0v) is 20.1. The quantitative estimate of drug-likeness (QED) is 0.337. The molecule has 0 amide bonds. The number of nitrogens with zero attached hydrogens (tertiary/aromatic N) is 6. The molecular weight excluding hydrogens is 464 g/mol. The van der Waals surface area contributed by atoms with Crippen LogP contribution < -0.4 is 24.4 Å². The predicted molar refractivity (Wildman–Crippen MR) is 133 cm³/mol. The molecule has 3 aromatic heterocycles. The van der Waals surface area contributed by atoms with Crippen molar-refractivity contribution in [3.05, 3.63) is 36.4 Å². The van der Waals surface area contributed by atoms with Crippen molar-refractivity contribution in [3.63, 3.8) is 0 Å². The number of fused-ring (bicyclic) bond motifs is 1. The summed E-state index contributed by atoms with van der Waals surface area (Å²) in [5, 5.41) is 23.2. The molecule has 1 aliphatic heterocycles. The van der Waals surface area contributed by atoms with E-state index in [2.05, 4.69) is 26.3 Å². The fourth-order valence-electron chi connectivity index (χ4n) is 4.48. The van der Waals surface area contributed by atoms with Gasteiger partial charge in [-0.15, -0.1) is 0 Å². The van der Waals surface area contributed by atoms with E-state index in [0.29, 0.717) is 51.4 Å². The number of aliphatic hydroxyl groups excluding tert-OH is 1. The van der Waals surface area contributed by atoms with Crippen LogP contribution in [0.4, 0.5) is 17.6 Å². The third-order valence-corrected chi connectivity index (χ3v) is 6.26. The minimum atomic E-state index is -0.0417. The highest BCUT2D eigenvalue weighted by Gasteiger charge is 2.28. The number of anilines is 3. The van der Waals surface area contributed by atoms with Crippen molar-refractivity contribution in [2.75, 3.05) is 44.7 Å². The monoisotopic (exact) mass is 490 g/mol. The number of nitrogens with one attached hydrogen (secondary N) is 2. The van der Waals surface area contributed by atoms with Crippen LogP contribution in [0.3, 0.4) is 0 Å². The first kappa shape index (κ1) is 23.3. The zero-order chi connectivity index (χ0) is 25.2. The Morgan fingerprint density at radius 3 is 2.64 bits per heavy atom. The second-order valence-corrected chi connectivity index (χ2v) is 8.26. The number of benzene rings is 1. The van der Waals surface area contributed by atoms with Gasteiger partial charge in [-0.3, -0.25) is 0 Å². The van der Waals surface area contributed by atoms with Crippen molar-refractivity contribution in [2.45, 2.75) is 18.9 Å². The average molecular weight is 491 g/mol. The third-order valence-electron chi connectivity index (χ3n) is 6.26. The average Bonchev–Trinajstić information content (AvgIpc) is 3.66. The molecule has 12 nitrogen and oxygen atoms in total. The van der Waals surface area contributed by atoms with Crippen molar-refractivity contribution in [1.82, 2.24) is 24.5 Å². The highest BCUT2D eigenvalue weighted by atomic mass is 16.5. The molecule has 4 heterocycles. The van der Waals surface area contributed by atoms with Crippen molar-refractivity contribution in [3.8, 4) is 29.0 Å². The minimum absolute atomic E-state index is 0.0253. The number of nitriles is 1. The standard InChI is InChI=1S/C24H26N8O4/c1-34-17-7-16(8-18(35-2)21(17)36-3)31-11-19(27-13-31)28-23-20-14(9-25)10-26-22(20)29-24(30-23)32-6-4-5-15(32)12-33/h7-8,10-11,13,15,33H,4-6,12H2,1-3H3,(H2,26,28,29,30). The van der Waals surface area contributed by atoms with E-state index in [-0.39, 0.29) is 12.6 Å². The molecule has 1 atom stereocenters. The van der Waals surface area contributed by atoms with Crippen LogP contribution in [0.2, 0.25) is 0 Å². The summed E-state index contributed by atoms with van der Waals surface area (Å²) in [5.74, 6) is 2.99. The molecule has 0 saturated carbocycles. The Balaban J connectivity index is 1.53. The second kappa shape index (κ2) is 9.63. The van der Waals surface area contributed by atoms with Gasteiger partial charge in [-0.05, 0) is 12.8 Å². The molecule has 1 aromatic carbocycles. The van der Waals surface area contributed by atoms with Crippen LogP contribution in [-0.2, 0) is 0 Å². The highest BCUT2D eigenvalue weighted by molar-refractivity contribution is 5.94. The Bertz CT molecular complexity index is 1410. The molecule has 4 aromatic rings. The minimum Gasteiger partial charge on any atom is -0.493 e. The molecule has 5 rings (SSSR count). The van der Waals surface area contributed by atoms with Gasteiger partial charge in [0.15, 0.2) is 11.5 Å². The maximum absolute atomic E-state index is 9.77. The Morgan fingerprint density at radius 1 is 1.19 bits per heavy atom. The van der Waals surface area contributed by atoms with Gasteiger partial charge in [0.25, 0.3) is 0 Å². The van der Waals surface area contributed by atoms with Gasteiger partial charge in [0, 0.05) is 24.9 Å². The molecule has 3 N–H and O–H groups in total. The van der Waals surface area contributed by atoms with Crippen LogP contribution >= 0.6 is 0 Å². The lowest BCUT2D eigenvalue weighted by Crippen LogP contribution is -2.33. The number of aromatic amines is 1. The molecule has 1 saturated heterocycles. The SMILES string of the molecule is COc1cc(-n2cnc(Nc3nc(N4CCCC4CO)nc4[nH]cc(C#N)c34)c2)cc(OC)c1OC. The normalized spacial score (nSPS) is 15.2. The van der Waals surface area contributed by atoms with Crippen LogP contribution in [0, 0.1) is 11.3 Å². The van der Waals surface area contributed by atoms with Gasteiger partial charge in [0.1, 0.15) is 29.7 Å². The van der Waals surface area contributed by atoms with Crippen molar-refractivity contribution < 1.29 is 19.3 Å². The van der Waals surface area contributed by atoms with E-state index in [4.69, 9.17) is 19.2 Å². The van der Waals surface area contributed by atoms with E-state index >= 15 is 0 Å². The smallest absolute Gasteiger partial charge is 0.229 e. The van der Waals surface area contributed by atoms with Crippen molar-refractivity contribution >= 4 is 28.6 Å². The molecule has 0 radical (unpaired) electrons. The van der Waals surface area contributed by atoms with Gasteiger partial charge in [0.05, 0.1) is 56.8 Å². The van der Waals surface area contributed by atoms with E-state index in [0.717, 1.165) is 25.1 Å². The first-order valence-electron chi connectivity index (χ1n) is 11.4. The molecule has 1 aliphatic rings. The first-order chi connectivity index (χ1) is 17.6. The van der Waals surface area contributed by atoms with Gasteiger partial charge in [-0.2, -0.15) is 15.2 Å². The number of methoxy groups -OCH3 is 3. The van der Waals surface area contributed by atoms with E-state index in [1.54, 1.807) is 44.6 Å². The van der Waals surface area contributed by atoms with Gasteiger partial charge >= 0.3 is 0 Å². The van der Waals surface area contributed by atoms with Gasteiger partial charge in [0.2, 0.25) is 11.7 Å². The molecule has 0 spiro atoms. The number of aliphatic hydroxyl groups is 1. The van der Waals surface area contributed by atoms with Crippen LogP contribution in [0.5, 0.6) is 17.2 Å². The summed E-state index contributed by atoms with van der Waals surface area (Å²) < 4.78 is 18.1. The lowest BCUT2D eigenvalue weighted by Gasteiger charge is -2.23. The number of hydrogen-bond donors (Lipinski definition) is 3. The van der Waals surface area contributed by atoms with Crippen LogP contribution in [0.15, 0.2) is 30.9 Å². The number of ether oxygens (including phenoxy) is 3. The number of rotatable bonds is 8. The molecule has 0 bridgehead atoms. The molecule has 0 aliphatic carbocycles. The lowest BCUT2D eigenvalue weighted by molar-refractivity contribution is 0.265. The van der Waals surface area contributed by atoms with Crippen LogP contribution in [0.1, 0.15) is 18.4 Å². The van der Waals surface area contributed by atoms with Crippen LogP contribution in [0.25, 0.3) is 16.7 Å². The molecule has 186 valence electrons. The Kier molecular flexibility index (Phi) is 6.22. The molecule has 36 heavy (non-hydrogen) atoms. The van der Waals surface area contributed by atoms with E-state index in [9.17, 15) is 10.4 Å². The number of hydrogen-bond acceptors (Lipinski definition) is 10. The van der Waals surface area contributed by atoms with Gasteiger partial charge < -0.3 is 39.1 Å². The summed E-state index contributed by atoms with van der Waals surface area (Å²) >= 11 is 0. The zero-order valence-electron chi connectivity index (χ0n) is 20.1. The summed E-state index contributed by atoms with van der Waals surface area (Å²) in [6, 6.07) is 5.77. The van der Waals surface area contributed by atoms with E-state index < -0.39 is 0 Å². The number of aromatic nitrogens is 5. The fourth-order valence-corrected chi connectivity index (χ4v) is 4.48. The van der Waals surface area contributed by atoms with E-state index in [1.807, 2.05) is 17.0 Å². The highest BCUT2D eigenvalue weighted by Crippen LogP contribution is 2.39. The van der Waals surface area contributed by atoms with Crippen molar-refractivity contribution in [2.24, 2.45) is 0 Å². The summed E-state index contributed by atoms with van der Waals surface area (Å²) in [6.45, 7) is 0.773. The maximum atomic E-state index is 9.77. The molecule has 12 heteroatoms. The Labute approximate surface area is 207 Å². The number of imidazole rings is 1. The number of H-pyrrole nitrogens is 1. The first-order valence-corrected chi connectivity index (χ1v) is 11.4. The second-order valence-electron chi connectivity index (χ2n) is 8.26.